The Morgan fingerprint density at radius 2 is 1.80 bits per heavy atom. The van der Waals surface area contributed by atoms with Gasteiger partial charge in [-0.2, -0.15) is 4.31 Å². The number of aryl methyl sites for hydroxylation is 1. The van der Waals surface area contributed by atoms with Gasteiger partial charge in [0, 0.05) is 25.4 Å². The van der Waals surface area contributed by atoms with E-state index >= 15 is 0 Å². The fraction of sp³-hybridized carbons (Fsp3) is 0.533. The summed E-state index contributed by atoms with van der Waals surface area (Å²) in [6.45, 7) is 4.82. The van der Waals surface area contributed by atoms with Crippen LogP contribution in [0.3, 0.4) is 0 Å². The Balaban J connectivity index is 1.84. The molecule has 20 heavy (non-hydrogen) atoms. The van der Waals surface area contributed by atoms with Crippen molar-refractivity contribution in [2.24, 2.45) is 17.8 Å². The molecule has 0 N–H and O–H groups in total. The van der Waals surface area contributed by atoms with Gasteiger partial charge in [0.2, 0.25) is 10.0 Å². The van der Waals surface area contributed by atoms with Crippen LogP contribution in [0.5, 0.6) is 0 Å². The summed E-state index contributed by atoms with van der Waals surface area (Å²) in [4.78, 5) is 12.0. The number of hydrogen-bond acceptors (Lipinski definition) is 3. The van der Waals surface area contributed by atoms with E-state index in [-0.39, 0.29) is 23.5 Å². The molecule has 0 spiro atoms. The predicted octanol–water partition coefficient (Wildman–Crippen LogP) is 1.84. The van der Waals surface area contributed by atoms with E-state index in [1.165, 1.54) is 0 Å². The molecule has 1 saturated heterocycles. The highest BCUT2D eigenvalue weighted by molar-refractivity contribution is 7.89. The van der Waals surface area contributed by atoms with Crippen LogP contribution in [0.2, 0.25) is 0 Å². The van der Waals surface area contributed by atoms with E-state index in [1.807, 2.05) is 26.0 Å². The normalized spacial score (nSPS) is 30.7. The van der Waals surface area contributed by atoms with Gasteiger partial charge in [0.15, 0.2) is 0 Å². The van der Waals surface area contributed by atoms with Crippen molar-refractivity contribution < 1.29 is 13.2 Å². The number of carbonyl (C=O) groups is 1. The smallest absolute Gasteiger partial charge is 0.243 e. The maximum absolute atomic E-state index is 12.6. The van der Waals surface area contributed by atoms with E-state index in [9.17, 15) is 13.2 Å². The number of sulfonamides is 1. The number of hydrogen-bond donors (Lipinski definition) is 0. The molecule has 0 amide bonds. The molecule has 108 valence electrons. The molecule has 1 saturated carbocycles. The Morgan fingerprint density at radius 1 is 1.15 bits per heavy atom. The minimum atomic E-state index is -3.42. The summed E-state index contributed by atoms with van der Waals surface area (Å²) in [7, 11) is -3.42. The molecule has 5 heteroatoms. The Kier molecular flexibility index (Phi) is 3.21. The highest BCUT2D eigenvalue weighted by Gasteiger charge is 2.48. The summed E-state index contributed by atoms with van der Waals surface area (Å²) < 4.78 is 26.8. The Labute approximate surface area is 119 Å². The standard InChI is InChI=1S/C15H19NO3S/c1-10-3-5-13(6-4-10)20(18,19)16-8-12-7-15(17)11(2)14(12)9-16/h3-6,11-12,14H,7-9H2,1-2H3/t11-,12-,14-/m0/s1. The average molecular weight is 293 g/mol. The van der Waals surface area contributed by atoms with E-state index in [1.54, 1.807) is 16.4 Å². The summed E-state index contributed by atoms with van der Waals surface area (Å²) in [5.41, 5.74) is 1.04. The highest BCUT2D eigenvalue weighted by Crippen LogP contribution is 2.41. The molecule has 1 aromatic carbocycles. The fourth-order valence-electron chi connectivity index (χ4n) is 3.38. The van der Waals surface area contributed by atoms with Crippen molar-refractivity contribution in [2.45, 2.75) is 25.2 Å². The van der Waals surface area contributed by atoms with Crippen LogP contribution in [0.25, 0.3) is 0 Å². The number of carbonyl (C=O) groups excluding carboxylic acids is 1. The lowest BCUT2D eigenvalue weighted by Gasteiger charge is -2.18. The van der Waals surface area contributed by atoms with Crippen molar-refractivity contribution in [3.63, 3.8) is 0 Å². The summed E-state index contributed by atoms with van der Waals surface area (Å²) in [5, 5.41) is 0. The molecule has 0 aromatic heterocycles. The molecule has 0 unspecified atom stereocenters. The lowest BCUT2D eigenvalue weighted by Crippen LogP contribution is -2.31. The highest BCUT2D eigenvalue weighted by atomic mass is 32.2. The van der Waals surface area contributed by atoms with Crippen LogP contribution < -0.4 is 0 Å². The van der Waals surface area contributed by atoms with Crippen molar-refractivity contribution in [3.05, 3.63) is 29.8 Å². The Morgan fingerprint density at radius 3 is 2.40 bits per heavy atom. The van der Waals surface area contributed by atoms with E-state index in [0.717, 1.165) is 5.56 Å². The van der Waals surface area contributed by atoms with Gasteiger partial charge in [-0.1, -0.05) is 24.6 Å². The van der Waals surface area contributed by atoms with E-state index in [4.69, 9.17) is 0 Å². The molecule has 3 rings (SSSR count). The van der Waals surface area contributed by atoms with Crippen molar-refractivity contribution in [1.29, 1.82) is 0 Å². The molecule has 0 radical (unpaired) electrons. The lowest BCUT2D eigenvalue weighted by atomic mass is 9.94. The van der Waals surface area contributed by atoms with Crippen LogP contribution in [0.15, 0.2) is 29.2 Å². The molecule has 1 aromatic rings. The first-order chi connectivity index (χ1) is 9.39. The summed E-state index contributed by atoms with van der Waals surface area (Å²) in [6, 6.07) is 6.95. The number of fused-ring (bicyclic) bond motifs is 1. The van der Waals surface area contributed by atoms with Crippen molar-refractivity contribution in [3.8, 4) is 0 Å². The van der Waals surface area contributed by atoms with Gasteiger partial charge in [-0.15, -0.1) is 0 Å². The zero-order valence-electron chi connectivity index (χ0n) is 11.7. The second-order valence-corrected chi connectivity index (χ2v) is 7.96. The van der Waals surface area contributed by atoms with Crippen LogP contribution >= 0.6 is 0 Å². The third-order valence-electron chi connectivity index (χ3n) is 4.73. The van der Waals surface area contributed by atoms with Gasteiger partial charge < -0.3 is 0 Å². The van der Waals surface area contributed by atoms with Gasteiger partial charge in [0.25, 0.3) is 0 Å². The van der Waals surface area contributed by atoms with Gasteiger partial charge in [0.05, 0.1) is 4.90 Å². The van der Waals surface area contributed by atoms with E-state index in [0.29, 0.717) is 24.4 Å². The number of benzene rings is 1. The monoisotopic (exact) mass is 293 g/mol. The van der Waals surface area contributed by atoms with Crippen LogP contribution in [-0.4, -0.2) is 31.6 Å². The van der Waals surface area contributed by atoms with E-state index in [2.05, 4.69) is 0 Å². The molecular weight excluding hydrogens is 274 g/mol. The predicted molar refractivity (Wildman–Crippen MR) is 75.7 cm³/mol. The van der Waals surface area contributed by atoms with Crippen LogP contribution in [0.1, 0.15) is 18.9 Å². The maximum Gasteiger partial charge on any atom is 0.243 e. The van der Waals surface area contributed by atoms with Gasteiger partial charge in [-0.05, 0) is 30.9 Å². The Hall–Kier alpha value is -1.20. The first kappa shape index (κ1) is 13.8. The zero-order valence-corrected chi connectivity index (χ0v) is 12.6. The zero-order chi connectivity index (χ0) is 14.5. The van der Waals surface area contributed by atoms with E-state index < -0.39 is 10.0 Å². The molecule has 0 bridgehead atoms. The minimum absolute atomic E-state index is 0.00165. The van der Waals surface area contributed by atoms with Crippen molar-refractivity contribution in [2.75, 3.05) is 13.1 Å². The third kappa shape index (κ3) is 2.09. The third-order valence-corrected chi connectivity index (χ3v) is 6.58. The minimum Gasteiger partial charge on any atom is -0.299 e. The van der Waals surface area contributed by atoms with Crippen molar-refractivity contribution in [1.82, 2.24) is 4.31 Å². The molecule has 1 heterocycles. The first-order valence-electron chi connectivity index (χ1n) is 6.99. The summed E-state index contributed by atoms with van der Waals surface area (Å²) in [6.07, 6.45) is 0.533. The molecule has 2 fully saturated rings. The topological polar surface area (TPSA) is 54.5 Å². The van der Waals surface area contributed by atoms with Gasteiger partial charge in [-0.3, -0.25) is 4.79 Å². The van der Waals surface area contributed by atoms with Crippen LogP contribution in [0.4, 0.5) is 0 Å². The molecule has 3 atom stereocenters. The second-order valence-electron chi connectivity index (χ2n) is 6.02. The molecule has 2 aliphatic rings. The lowest BCUT2D eigenvalue weighted by molar-refractivity contribution is -0.120. The second kappa shape index (κ2) is 4.67. The largest absolute Gasteiger partial charge is 0.299 e. The number of Topliss-reactive ketones (excluding diaryl/α,β-unsaturated/α-hetero) is 1. The fourth-order valence-corrected chi connectivity index (χ4v) is 4.91. The quantitative estimate of drug-likeness (QED) is 0.836. The van der Waals surface area contributed by atoms with Gasteiger partial charge in [0.1, 0.15) is 5.78 Å². The molecule has 4 nitrogen and oxygen atoms in total. The molecule has 1 aliphatic carbocycles. The van der Waals surface area contributed by atoms with Crippen LogP contribution in [0, 0.1) is 24.7 Å². The number of nitrogens with zero attached hydrogens (tertiary/aromatic N) is 1. The van der Waals surface area contributed by atoms with Crippen LogP contribution in [-0.2, 0) is 14.8 Å². The van der Waals surface area contributed by atoms with Gasteiger partial charge >= 0.3 is 0 Å². The Bertz CT molecular complexity index is 636. The molecular formula is C15H19NO3S. The maximum atomic E-state index is 12.6. The SMILES string of the molecule is Cc1ccc(S(=O)(=O)N2C[C@@H]3CC(=O)[C@@H](C)[C@@H]3C2)cc1. The first-order valence-corrected chi connectivity index (χ1v) is 8.43. The summed E-state index contributed by atoms with van der Waals surface area (Å²) in [5.74, 6) is 0.686. The van der Waals surface area contributed by atoms with Gasteiger partial charge in [-0.25, -0.2) is 8.42 Å². The molecule has 1 aliphatic heterocycles. The number of ketones is 1. The van der Waals surface area contributed by atoms with Crippen molar-refractivity contribution >= 4 is 15.8 Å². The number of rotatable bonds is 2. The summed E-state index contributed by atoms with van der Waals surface area (Å²) >= 11 is 0. The average Bonchev–Trinajstić information content (AvgIpc) is 2.92.